The fourth-order valence-corrected chi connectivity index (χ4v) is 7.37. The van der Waals surface area contributed by atoms with Crippen LogP contribution in [-0.2, 0) is 6.42 Å². The number of halogens is 1. The molecule has 0 saturated heterocycles. The van der Waals surface area contributed by atoms with Crippen molar-refractivity contribution in [1.29, 1.82) is 0 Å². The molecule has 3 aliphatic carbocycles. The number of thiocarbonyl (C=S) groups is 1. The Morgan fingerprint density at radius 1 is 1.14 bits per heavy atom. The first-order valence-corrected chi connectivity index (χ1v) is 11.0. The van der Waals surface area contributed by atoms with Crippen LogP contribution >= 0.6 is 12.2 Å². The minimum absolute atomic E-state index is 0.0737. The molecule has 0 amide bonds. The second kappa shape index (κ2) is 6.88. The van der Waals surface area contributed by atoms with Crippen molar-refractivity contribution in [2.75, 3.05) is 0 Å². The monoisotopic (exact) mass is 410 g/mol. The van der Waals surface area contributed by atoms with Crippen LogP contribution in [-0.4, -0.2) is 27.9 Å². The Labute approximate surface area is 176 Å². The first-order valence-electron chi connectivity index (χ1n) is 10.6. The highest BCUT2D eigenvalue weighted by atomic mass is 32.1. The third-order valence-electron chi connectivity index (χ3n) is 7.99. The van der Waals surface area contributed by atoms with Gasteiger partial charge in [-0.3, -0.25) is 0 Å². The standard InChI is InChI=1S/C25H27FO2S/c1-25-11-20(26)22-17-8-7-16(27)9-15(17)10-18(14-5-3-2-4-6-14)23(22)24(25)19(13-29)21(28)12-25/h2-9,13,18-24,27-28H,10-12H2,1H3/t18-,19+,20-,21-,22-,23+,24-,25+/m0/s1. The van der Waals surface area contributed by atoms with E-state index in [0.717, 1.165) is 17.5 Å². The molecule has 0 spiro atoms. The number of fused-ring (bicyclic) bond motifs is 5. The second-order valence-electron chi connectivity index (χ2n) is 9.59. The topological polar surface area (TPSA) is 40.5 Å². The second-order valence-corrected chi connectivity index (χ2v) is 9.86. The van der Waals surface area contributed by atoms with Crippen LogP contribution in [0.3, 0.4) is 0 Å². The quantitative estimate of drug-likeness (QED) is 0.671. The van der Waals surface area contributed by atoms with Gasteiger partial charge in [-0.15, -0.1) is 0 Å². The summed E-state index contributed by atoms with van der Waals surface area (Å²) in [6, 6.07) is 15.7. The van der Waals surface area contributed by atoms with E-state index in [1.807, 2.05) is 30.3 Å². The van der Waals surface area contributed by atoms with Crippen LogP contribution in [0, 0.1) is 23.2 Å². The lowest BCUT2D eigenvalue weighted by atomic mass is 9.50. The van der Waals surface area contributed by atoms with E-state index in [-0.39, 0.29) is 40.8 Å². The number of rotatable bonds is 2. The molecule has 29 heavy (non-hydrogen) atoms. The van der Waals surface area contributed by atoms with Crippen molar-refractivity contribution in [3.05, 3.63) is 65.2 Å². The zero-order valence-corrected chi connectivity index (χ0v) is 17.4. The smallest absolute Gasteiger partial charge is 0.115 e. The van der Waals surface area contributed by atoms with Gasteiger partial charge in [0.05, 0.1) is 6.10 Å². The summed E-state index contributed by atoms with van der Waals surface area (Å²) in [6.07, 6.45) is 0.382. The summed E-state index contributed by atoms with van der Waals surface area (Å²) >= 11 is 5.37. The minimum atomic E-state index is -0.966. The molecule has 2 saturated carbocycles. The van der Waals surface area contributed by atoms with Gasteiger partial charge in [0.1, 0.15) is 11.9 Å². The van der Waals surface area contributed by atoms with Crippen LogP contribution in [0.5, 0.6) is 5.75 Å². The molecule has 8 atom stereocenters. The number of phenolic OH excluding ortho intramolecular Hbond substituents is 1. The van der Waals surface area contributed by atoms with Crippen molar-refractivity contribution in [3.8, 4) is 5.75 Å². The van der Waals surface area contributed by atoms with Crippen molar-refractivity contribution >= 4 is 17.6 Å². The molecule has 3 aliphatic rings. The van der Waals surface area contributed by atoms with E-state index in [0.29, 0.717) is 12.8 Å². The first-order chi connectivity index (χ1) is 13.9. The number of benzene rings is 2. The highest BCUT2D eigenvalue weighted by molar-refractivity contribution is 7.79. The van der Waals surface area contributed by atoms with E-state index >= 15 is 4.39 Å². The van der Waals surface area contributed by atoms with E-state index in [2.05, 4.69) is 19.1 Å². The summed E-state index contributed by atoms with van der Waals surface area (Å²) in [5.41, 5.74) is 3.03. The Hall–Kier alpha value is -1.78. The molecule has 0 heterocycles. The third kappa shape index (κ3) is 2.87. The van der Waals surface area contributed by atoms with Crippen LogP contribution in [0.15, 0.2) is 48.5 Å². The maximum absolute atomic E-state index is 15.8. The van der Waals surface area contributed by atoms with E-state index in [1.165, 1.54) is 5.56 Å². The van der Waals surface area contributed by atoms with Crippen LogP contribution in [0.25, 0.3) is 0 Å². The van der Waals surface area contributed by atoms with Gasteiger partial charge < -0.3 is 10.2 Å². The SMILES string of the molecule is C[C@@]12C[C@H](O)[C@@H](C=S)[C@H]1[C@H]1[C@@H](c3ccc(O)cc3C[C@H]1c1ccccc1)[C@@H](F)C2. The van der Waals surface area contributed by atoms with Gasteiger partial charge in [0.15, 0.2) is 0 Å². The fourth-order valence-electron chi connectivity index (χ4n) is 7.02. The lowest BCUT2D eigenvalue weighted by Crippen LogP contribution is -2.50. The summed E-state index contributed by atoms with van der Waals surface area (Å²) in [5.74, 6) is 0.285. The van der Waals surface area contributed by atoms with Crippen LogP contribution < -0.4 is 0 Å². The van der Waals surface area contributed by atoms with Crippen LogP contribution in [0.2, 0.25) is 0 Å². The Morgan fingerprint density at radius 3 is 2.62 bits per heavy atom. The Balaban J connectivity index is 1.71. The minimum Gasteiger partial charge on any atom is -0.508 e. The fraction of sp³-hybridized carbons (Fsp3) is 0.480. The lowest BCUT2D eigenvalue weighted by molar-refractivity contribution is -0.0155. The summed E-state index contributed by atoms with van der Waals surface area (Å²) in [5, 5.41) is 22.6. The normalized spacial score (nSPS) is 40.6. The zero-order valence-electron chi connectivity index (χ0n) is 16.5. The summed E-state index contributed by atoms with van der Waals surface area (Å²) < 4.78 is 15.8. The van der Waals surface area contributed by atoms with Crippen molar-refractivity contribution in [1.82, 2.24) is 0 Å². The average Bonchev–Trinajstić information content (AvgIpc) is 2.96. The molecule has 2 fully saturated rings. The Kier molecular flexibility index (Phi) is 4.56. The van der Waals surface area contributed by atoms with Crippen LogP contribution in [0.4, 0.5) is 4.39 Å². The zero-order chi connectivity index (χ0) is 20.3. The molecule has 2 nitrogen and oxygen atoms in total. The van der Waals surface area contributed by atoms with E-state index in [9.17, 15) is 10.2 Å². The highest BCUT2D eigenvalue weighted by Crippen LogP contribution is 2.65. The molecule has 0 aliphatic heterocycles. The molecule has 2 aromatic carbocycles. The van der Waals surface area contributed by atoms with Gasteiger partial charge >= 0.3 is 0 Å². The predicted octanol–water partition coefficient (Wildman–Crippen LogP) is 5.18. The van der Waals surface area contributed by atoms with Gasteiger partial charge in [0.2, 0.25) is 0 Å². The van der Waals surface area contributed by atoms with Crippen molar-refractivity contribution in [2.45, 2.75) is 50.3 Å². The number of alkyl halides is 1. The van der Waals surface area contributed by atoms with Crippen LogP contribution in [0.1, 0.15) is 48.3 Å². The molecule has 2 aromatic rings. The van der Waals surface area contributed by atoms with Crippen molar-refractivity contribution < 1.29 is 14.6 Å². The van der Waals surface area contributed by atoms with Crippen molar-refractivity contribution in [3.63, 3.8) is 0 Å². The summed E-state index contributed by atoms with van der Waals surface area (Å²) in [6.45, 7) is 2.15. The van der Waals surface area contributed by atoms with Gasteiger partial charge in [0.25, 0.3) is 0 Å². The maximum atomic E-state index is 15.8. The maximum Gasteiger partial charge on any atom is 0.115 e. The summed E-state index contributed by atoms with van der Waals surface area (Å²) in [7, 11) is 0. The largest absolute Gasteiger partial charge is 0.508 e. The summed E-state index contributed by atoms with van der Waals surface area (Å²) in [4.78, 5) is 0. The van der Waals surface area contributed by atoms with Crippen molar-refractivity contribution in [2.24, 2.45) is 23.2 Å². The predicted molar refractivity (Wildman–Crippen MR) is 116 cm³/mol. The molecule has 5 rings (SSSR count). The van der Waals surface area contributed by atoms with Gasteiger partial charge in [0, 0.05) is 11.8 Å². The lowest BCUT2D eigenvalue weighted by Gasteiger charge is -2.54. The molecule has 0 aromatic heterocycles. The number of phenols is 1. The van der Waals surface area contributed by atoms with Gasteiger partial charge in [-0.05, 0) is 76.6 Å². The average molecular weight is 411 g/mol. The Bertz CT molecular complexity index is 932. The number of hydrogen-bond acceptors (Lipinski definition) is 3. The number of aromatic hydroxyl groups is 1. The molecular weight excluding hydrogens is 383 g/mol. The molecule has 0 bridgehead atoms. The molecule has 0 radical (unpaired) electrons. The van der Waals surface area contributed by atoms with Gasteiger partial charge in [-0.1, -0.05) is 55.5 Å². The highest BCUT2D eigenvalue weighted by Gasteiger charge is 2.62. The third-order valence-corrected chi connectivity index (χ3v) is 8.31. The molecule has 4 heteroatoms. The van der Waals surface area contributed by atoms with Gasteiger partial charge in [-0.2, -0.15) is 0 Å². The van der Waals surface area contributed by atoms with E-state index in [4.69, 9.17) is 12.2 Å². The van der Waals surface area contributed by atoms with Gasteiger partial charge in [-0.25, -0.2) is 4.39 Å². The first kappa shape index (κ1) is 19.2. The number of aliphatic hydroxyl groups excluding tert-OH is 1. The Morgan fingerprint density at radius 2 is 1.90 bits per heavy atom. The molecule has 0 unspecified atom stereocenters. The van der Waals surface area contributed by atoms with E-state index in [1.54, 1.807) is 11.4 Å². The van der Waals surface area contributed by atoms with E-state index < -0.39 is 12.3 Å². The number of aliphatic hydroxyl groups is 1. The molecule has 2 N–H and O–H groups in total. The molecule has 152 valence electrons. The molecular formula is C25H27FO2S. The number of hydrogen-bond donors (Lipinski definition) is 2.